The smallest absolute Gasteiger partial charge is 0.410 e. The molecule has 3 rings (SSSR count). The zero-order chi connectivity index (χ0) is 21.7. The van der Waals surface area contributed by atoms with E-state index in [0.29, 0.717) is 31.0 Å². The van der Waals surface area contributed by atoms with Crippen LogP contribution in [0.4, 0.5) is 4.79 Å². The van der Waals surface area contributed by atoms with Gasteiger partial charge in [0.25, 0.3) is 0 Å². The number of amides is 1. The van der Waals surface area contributed by atoms with E-state index in [9.17, 15) is 4.79 Å². The Morgan fingerprint density at radius 1 is 1.27 bits per heavy atom. The summed E-state index contributed by atoms with van der Waals surface area (Å²) in [5, 5.41) is 9.07. The molecule has 0 saturated carbocycles. The molecule has 0 saturated heterocycles. The number of hydrogen-bond acceptors (Lipinski definition) is 4. The van der Waals surface area contributed by atoms with Gasteiger partial charge in [-0.3, -0.25) is 0 Å². The van der Waals surface area contributed by atoms with E-state index in [-0.39, 0.29) is 6.09 Å². The quantitative estimate of drug-likeness (QED) is 0.531. The Bertz CT molecular complexity index is 960. The Hall–Kier alpha value is -2.52. The van der Waals surface area contributed by atoms with Crippen LogP contribution in [0.2, 0.25) is 0 Å². The Morgan fingerprint density at radius 3 is 2.80 bits per heavy atom. The lowest BCUT2D eigenvalue weighted by Gasteiger charge is -2.32. The minimum Gasteiger partial charge on any atom is -0.493 e. The first-order chi connectivity index (χ1) is 14.2. The van der Waals surface area contributed by atoms with Gasteiger partial charge < -0.3 is 14.4 Å². The fourth-order valence-corrected chi connectivity index (χ4v) is 4.04. The van der Waals surface area contributed by atoms with E-state index in [2.05, 4.69) is 40.2 Å². The molecule has 1 heterocycles. The second kappa shape index (κ2) is 9.53. The van der Waals surface area contributed by atoms with Gasteiger partial charge >= 0.3 is 6.09 Å². The van der Waals surface area contributed by atoms with Crippen molar-refractivity contribution >= 4 is 22.0 Å². The molecular weight excluding hydrogens is 444 g/mol. The van der Waals surface area contributed by atoms with Gasteiger partial charge in [-0.05, 0) is 74.9 Å². The topological polar surface area (TPSA) is 62.6 Å². The Balaban J connectivity index is 1.57. The number of benzene rings is 2. The van der Waals surface area contributed by atoms with E-state index in [1.807, 2.05) is 26.8 Å². The first-order valence-electron chi connectivity index (χ1n) is 10.2. The molecule has 5 nitrogen and oxygen atoms in total. The normalized spacial score (nSPS) is 13.4. The van der Waals surface area contributed by atoms with Gasteiger partial charge in [-0.15, -0.1) is 0 Å². The molecule has 30 heavy (non-hydrogen) atoms. The van der Waals surface area contributed by atoms with E-state index in [1.165, 1.54) is 16.7 Å². The molecule has 1 amide bonds. The van der Waals surface area contributed by atoms with Gasteiger partial charge in [0.05, 0.1) is 18.2 Å². The van der Waals surface area contributed by atoms with Crippen molar-refractivity contribution < 1.29 is 14.3 Å². The first-order valence-corrected chi connectivity index (χ1v) is 11.0. The van der Waals surface area contributed by atoms with Gasteiger partial charge in [0.2, 0.25) is 0 Å². The van der Waals surface area contributed by atoms with Gasteiger partial charge in [-0.25, -0.2) is 4.79 Å². The average Bonchev–Trinajstić information content (AvgIpc) is 2.69. The Morgan fingerprint density at radius 2 is 2.07 bits per heavy atom. The van der Waals surface area contributed by atoms with E-state index >= 15 is 0 Å². The summed E-state index contributed by atoms with van der Waals surface area (Å²) < 4.78 is 12.2. The number of hydrogen-bond donors (Lipinski definition) is 0. The largest absolute Gasteiger partial charge is 0.493 e. The number of rotatable bonds is 5. The summed E-state index contributed by atoms with van der Waals surface area (Å²) in [6.45, 7) is 7.50. The van der Waals surface area contributed by atoms with Crippen LogP contribution >= 0.6 is 15.9 Å². The third kappa shape index (κ3) is 5.99. The number of carbonyl (C=O) groups is 1. The predicted molar refractivity (Wildman–Crippen MR) is 119 cm³/mol. The number of carbonyl (C=O) groups excluding carboxylic acids is 1. The van der Waals surface area contributed by atoms with Crippen LogP contribution in [0, 0.1) is 11.3 Å². The Labute approximate surface area is 186 Å². The highest BCUT2D eigenvalue weighted by Crippen LogP contribution is 2.25. The van der Waals surface area contributed by atoms with Crippen LogP contribution in [0.1, 0.15) is 49.4 Å². The molecule has 2 aromatic carbocycles. The molecule has 1 aliphatic heterocycles. The van der Waals surface area contributed by atoms with Crippen LogP contribution in [0.25, 0.3) is 0 Å². The maximum Gasteiger partial charge on any atom is 0.410 e. The second-order valence-corrected chi connectivity index (χ2v) is 9.36. The summed E-state index contributed by atoms with van der Waals surface area (Å²) in [6.07, 6.45) is 2.37. The molecule has 2 aromatic rings. The van der Waals surface area contributed by atoms with Gasteiger partial charge in [0.15, 0.2) is 0 Å². The number of aryl methyl sites for hydroxylation is 1. The molecule has 0 fully saturated rings. The monoisotopic (exact) mass is 470 g/mol. The lowest BCUT2D eigenvalue weighted by atomic mass is 9.92. The van der Waals surface area contributed by atoms with Crippen molar-refractivity contribution in [3.63, 3.8) is 0 Å². The third-order valence-electron chi connectivity index (χ3n) is 4.87. The zero-order valence-electron chi connectivity index (χ0n) is 17.7. The molecule has 0 spiro atoms. The molecule has 158 valence electrons. The summed E-state index contributed by atoms with van der Waals surface area (Å²) in [7, 11) is 0. The Kier molecular flexibility index (Phi) is 7.04. The SMILES string of the molecule is CC(C)(C)OC(=O)N1CCc2c(CCCOc3cc(Br)cc(C#N)c3)cccc2C1. The van der Waals surface area contributed by atoms with E-state index in [4.69, 9.17) is 14.7 Å². The predicted octanol–water partition coefficient (Wildman–Crippen LogP) is 5.63. The fourth-order valence-electron chi connectivity index (χ4n) is 3.57. The summed E-state index contributed by atoms with van der Waals surface area (Å²) in [4.78, 5) is 14.2. The number of ether oxygens (including phenoxy) is 2. The minimum atomic E-state index is -0.485. The maximum atomic E-state index is 12.4. The maximum absolute atomic E-state index is 12.4. The summed E-state index contributed by atoms with van der Waals surface area (Å²) >= 11 is 3.40. The van der Waals surface area contributed by atoms with Crippen LogP contribution in [0.15, 0.2) is 40.9 Å². The van der Waals surface area contributed by atoms with Crippen LogP contribution in [-0.2, 0) is 24.1 Å². The summed E-state index contributed by atoms with van der Waals surface area (Å²) in [5.41, 5.74) is 3.93. The number of halogens is 1. The van der Waals surface area contributed by atoms with Crippen molar-refractivity contribution in [3.8, 4) is 11.8 Å². The van der Waals surface area contributed by atoms with Crippen LogP contribution < -0.4 is 4.74 Å². The van der Waals surface area contributed by atoms with Crippen molar-refractivity contribution in [2.45, 2.75) is 52.2 Å². The molecule has 0 bridgehead atoms. The van der Waals surface area contributed by atoms with E-state index in [0.717, 1.165) is 23.7 Å². The standard InChI is InChI=1S/C24H27BrN2O3/c1-24(2,3)30-23(28)27-10-9-22-18(6-4-7-19(22)16-27)8-5-11-29-21-13-17(15-26)12-20(25)14-21/h4,6-7,12-14H,5,8-11,16H2,1-3H3. The summed E-state index contributed by atoms with van der Waals surface area (Å²) in [5.74, 6) is 0.698. The van der Waals surface area contributed by atoms with Crippen molar-refractivity contribution in [1.29, 1.82) is 5.26 Å². The lowest BCUT2D eigenvalue weighted by Crippen LogP contribution is -2.40. The van der Waals surface area contributed by atoms with Crippen LogP contribution in [0.3, 0.4) is 0 Å². The highest BCUT2D eigenvalue weighted by atomic mass is 79.9. The first kappa shape index (κ1) is 22.2. The molecule has 0 radical (unpaired) electrons. The lowest BCUT2D eigenvalue weighted by molar-refractivity contribution is 0.0223. The third-order valence-corrected chi connectivity index (χ3v) is 5.33. The molecule has 0 unspecified atom stereocenters. The molecular formula is C24H27BrN2O3. The molecule has 0 N–H and O–H groups in total. The van der Waals surface area contributed by atoms with Crippen molar-refractivity contribution in [2.24, 2.45) is 0 Å². The molecule has 0 aromatic heterocycles. The van der Waals surface area contributed by atoms with Gasteiger partial charge in [0.1, 0.15) is 11.4 Å². The molecule has 1 aliphatic rings. The van der Waals surface area contributed by atoms with Crippen molar-refractivity contribution in [1.82, 2.24) is 4.90 Å². The average molecular weight is 471 g/mol. The van der Waals surface area contributed by atoms with E-state index < -0.39 is 5.60 Å². The zero-order valence-corrected chi connectivity index (χ0v) is 19.3. The molecule has 0 aliphatic carbocycles. The summed E-state index contributed by atoms with van der Waals surface area (Å²) in [6, 6.07) is 13.8. The number of nitrogens with zero attached hydrogens (tertiary/aromatic N) is 2. The highest BCUT2D eigenvalue weighted by Gasteiger charge is 2.26. The fraction of sp³-hybridized carbons (Fsp3) is 0.417. The number of nitriles is 1. The highest BCUT2D eigenvalue weighted by molar-refractivity contribution is 9.10. The van der Waals surface area contributed by atoms with E-state index in [1.54, 1.807) is 17.0 Å². The minimum absolute atomic E-state index is 0.252. The number of fused-ring (bicyclic) bond motifs is 1. The molecule has 0 atom stereocenters. The van der Waals surface area contributed by atoms with Crippen molar-refractivity contribution in [2.75, 3.05) is 13.2 Å². The van der Waals surface area contributed by atoms with Gasteiger partial charge in [-0.2, -0.15) is 5.26 Å². The van der Waals surface area contributed by atoms with Crippen LogP contribution in [-0.4, -0.2) is 29.7 Å². The van der Waals surface area contributed by atoms with Crippen LogP contribution in [0.5, 0.6) is 5.75 Å². The second-order valence-electron chi connectivity index (χ2n) is 8.45. The van der Waals surface area contributed by atoms with Crippen molar-refractivity contribution in [3.05, 3.63) is 63.1 Å². The van der Waals surface area contributed by atoms with Gasteiger partial charge in [-0.1, -0.05) is 34.1 Å². The molecule has 6 heteroatoms. The van der Waals surface area contributed by atoms with Gasteiger partial charge in [0, 0.05) is 17.6 Å².